The van der Waals surface area contributed by atoms with Gasteiger partial charge in [0.2, 0.25) is 0 Å². The fourth-order valence-electron chi connectivity index (χ4n) is 3.79. The number of likely N-dealkylation sites (tertiary alicyclic amines) is 1. The van der Waals surface area contributed by atoms with E-state index in [1.54, 1.807) is 13.2 Å². The van der Waals surface area contributed by atoms with Crippen LogP contribution in [0.4, 0.5) is 4.39 Å². The summed E-state index contributed by atoms with van der Waals surface area (Å²) < 4.78 is 18.5. The summed E-state index contributed by atoms with van der Waals surface area (Å²) in [7, 11) is 1.56. The number of aliphatic hydroxyl groups is 1. The first-order valence-corrected chi connectivity index (χ1v) is 9.07. The number of hydrogen-bond acceptors (Lipinski definition) is 4. The predicted molar refractivity (Wildman–Crippen MR) is 98.9 cm³/mol. The Hall–Kier alpha value is -2.11. The topological polar surface area (TPSA) is 52.9 Å². The lowest BCUT2D eigenvalue weighted by Gasteiger charge is -2.40. The number of halogens is 1. The van der Waals surface area contributed by atoms with Crippen molar-refractivity contribution in [2.75, 3.05) is 26.8 Å². The van der Waals surface area contributed by atoms with Crippen molar-refractivity contribution in [3.8, 4) is 11.5 Å². The molecule has 4 nitrogen and oxygen atoms in total. The van der Waals surface area contributed by atoms with Gasteiger partial charge < -0.3 is 14.9 Å². The van der Waals surface area contributed by atoms with Crippen molar-refractivity contribution in [1.29, 1.82) is 0 Å². The molecular formula is C21H26FNO3. The Morgan fingerprint density at radius 1 is 1.19 bits per heavy atom. The second kappa shape index (κ2) is 8.52. The summed E-state index contributed by atoms with van der Waals surface area (Å²) in [6.07, 6.45) is 2.58. The predicted octanol–water partition coefficient (Wildman–Crippen LogP) is 3.53. The number of aromatic hydroxyl groups is 1. The zero-order valence-electron chi connectivity index (χ0n) is 15.1. The van der Waals surface area contributed by atoms with Crippen LogP contribution in [0.25, 0.3) is 0 Å². The van der Waals surface area contributed by atoms with E-state index in [2.05, 4.69) is 4.90 Å². The molecule has 1 aliphatic heterocycles. The number of hydrogen-bond donors (Lipinski definition) is 2. The summed E-state index contributed by atoms with van der Waals surface area (Å²) in [6, 6.07) is 12.1. The number of aliphatic hydroxyl groups excluding tert-OH is 1. The summed E-state index contributed by atoms with van der Waals surface area (Å²) in [5, 5.41) is 19.8. The van der Waals surface area contributed by atoms with Crippen LogP contribution in [0.1, 0.15) is 30.0 Å². The van der Waals surface area contributed by atoms with Gasteiger partial charge >= 0.3 is 0 Å². The zero-order valence-corrected chi connectivity index (χ0v) is 15.1. The molecule has 140 valence electrons. The number of benzene rings is 2. The standard InChI is InChI=1S/C21H26FNO3/c1-26-21-18(3-2-4-20(21)25)19-13-16(14-24)10-12-23(19)11-9-15-5-7-17(22)8-6-15/h2-8,16,19,24-25H,9-14H2,1H3. The molecule has 2 unspecified atom stereocenters. The zero-order chi connectivity index (χ0) is 18.5. The Labute approximate surface area is 153 Å². The average molecular weight is 359 g/mol. The first-order valence-electron chi connectivity index (χ1n) is 9.07. The van der Waals surface area contributed by atoms with Crippen molar-refractivity contribution in [2.45, 2.75) is 25.3 Å². The molecule has 2 aromatic carbocycles. The molecule has 0 saturated carbocycles. The molecule has 0 amide bonds. The van der Waals surface area contributed by atoms with Gasteiger partial charge in [-0.1, -0.05) is 24.3 Å². The minimum absolute atomic E-state index is 0.0726. The minimum atomic E-state index is -0.222. The molecule has 0 radical (unpaired) electrons. The van der Waals surface area contributed by atoms with Crippen LogP contribution < -0.4 is 4.74 Å². The molecule has 0 spiro atoms. The van der Waals surface area contributed by atoms with Crippen LogP contribution in [0.5, 0.6) is 11.5 Å². The first kappa shape index (κ1) is 18.7. The second-order valence-corrected chi connectivity index (χ2v) is 6.90. The number of ether oxygens (including phenoxy) is 1. The van der Waals surface area contributed by atoms with Gasteiger partial charge in [0.1, 0.15) is 5.82 Å². The van der Waals surface area contributed by atoms with E-state index < -0.39 is 0 Å². The molecule has 2 N–H and O–H groups in total. The smallest absolute Gasteiger partial charge is 0.165 e. The number of nitrogens with zero attached hydrogens (tertiary/aromatic N) is 1. The van der Waals surface area contributed by atoms with E-state index in [4.69, 9.17) is 4.74 Å². The van der Waals surface area contributed by atoms with Gasteiger partial charge in [0.15, 0.2) is 11.5 Å². The minimum Gasteiger partial charge on any atom is -0.504 e. The van der Waals surface area contributed by atoms with Crippen molar-refractivity contribution in [2.24, 2.45) is 5.92 Å². The number of methoxy groups -OCH3 is 1. The maximum absolute atomic E-state index is 13.1. The quantitative estimate of drug-likeness (QED) is 0.829. The van der Waals surface area contributed by atoms with E-state index >= 15 is 0 Å². The molecule has 1 heterocycles. The molecule has 2 atom stereocenters. The molecule has 26 heavy (non-hydrogen) atoms. The molecule has 0 aromatic heterocycles. The maximum atomic E-state index is 13.1. The Kier molecular flexibility index (Phi) is 6.12. The molecular weight excluding hydrogens is 333 g/mol. The van der Waals surface area contributed by atoms with E-state index in [1.165, 1.54) is 12.1 Å². The van der Waals surface area contributed by atoms with Gasteiger partial charge in [-0.2, -0.15) is 0 Å². The van der Waals surface area contributed by atoms with Crippen LogP contribution in [0.2, 0.25) is 0 Å². The SMILES string of the molecule is COc1c(O)cccc1C1CC(CO)CCN1CCc1ccc(F)cc1. The van der Waals surface area contributed by atoms with Crippen LogP contribution in [-0.4, -0.2) is 41.9 Å². The van der Waals surface area contributed by atoms with Gasteiger partial charge in [-0.15, -0.1) is 0 Å². The van der Waals surface area contributed by atoms with Crippen molar-refractivity contribution >= 4 is 0 Å². The number of piperidine rings is 1. The van der Waals surface area contributed by atoms with Crippen molar-refractivity contribution in [3.63, 3.8) is 0 Å². The third kappa shape index (κ3) is 4.17. The van der Waals surface area contributed by atoms with Gasteiger partial charge in [-0.05, 0) is 55.5 Å². The van der Waals surface area contributed by atoms with Gasteiger partial charge in [-0.25, -0.2) is 4.39 Å². The van der Waals surface area contributed by atoms with Crippen molar-refractivity contribution in [3.05, 3.63) is 59.4 Å². The number of para-hydroxylation sites is 1. The Morgan fingerprint density at radius 3 is 2.65 bits per heavy atom. The third-order valence-corrected chi connectivity index (χ3v) is 5.27. The van der Waals surface area contributed by atoms with Crippen LogP contribution in [0.3, 0.4) is 0 Å². The van der Waals surface area contributed by atoms with Crippen molar-refractivity contribution in [1.82, 2.24) is 4.90 Å². The highest BCUT2D eigenvalue weighted by molar-refractivity contribution is 5.47. The highest BCUT2D eigenvalue weighted by atomic mass is 19.1. The molecule has 1 aliphatic rings. The first-order chi connectivity index (χ1) is 12.6. The lowest BCUT2D eigenvalue weighted by molar-refractivity contribution is 0.0797. The fourth-order valence-corrected chi connectivity index (χ4v) is 3.79. The van der Waals surface area contributed by atoms with Gasteiger partial charge in [0.05, 0.1) is 7.11 Å². The van der Waals surface area contributed by atoms with Crippen molar-refractivity contribution < 1.29 is 19.3 Å². The molecule has 5 heteroatoms. The summed E-state index contributed by atoms with van der Waals surface area (Å²) in [5.74, 6) is 0.659. The highest BCUT2D eigenvalue weighted by Crippen LogP contribution is 2.41. The Bertz CT molecular complexity index is 720. The summed E-state index contributed by atoms with van der Waals surface area (Å²) >= 11 is 0. The van der Waals surface area contributed by atoms with Gasteiger partial charge in [0, 0.05) is 24.8 Å². The normalized spacial score (nSPS) is 20.9. The number of rotatable bonds is 6. The largest absolute Gasteiger partial charge is 0.504 e. The van der Waals surface area contributed by atoms with Crippen LogP contribution in [0, 0.1) is 11.7 Å². The van der Waals surface area contributed by atoms with Crippen LogP contribution in [-0.2, 0) is 6.42 Å². The fraction of sp³-hybridized carbons (Fsp3) is 0.429. The molecule has 0 aliphatic carbocycles. The van der Waals surface area contributed by atoms with E-state index in [0.717, 1.165) is 43.5 Å². The third-order valence-electron chi connectivity index (χ3n) is 5.27. The van der Waals surface area contributed by atoms with E-state index in [9.17, 15) is 14.6 Å². The maximum Gasteiger partial charge on any atom is 0.165 e. The van der Waals surface area contributed by atoms with E-state index in [1.807, 2.05) is 24.3 Å². The second-order valence-electron chi connectivity index (χ2n) is 6.90. The monoisotopic (exact) mass is 359 g/mol. The van der Waals surface area contributed by atoms with E-state index in [-0.39, 0.29) is 30.1 Å². The number of phenols is 1. The molecule has 0 bridgehead atoms. The molecule has 3 rings (SSSR count). The Morgan fingerprint density at radius 2 is 1.96 bits per heavy atom. The number of phenolic OH excluding ortho intramolecular Hbond substituents is 1. The molecule has 1 fully saturated rings. The summed E-state index contributed by atoms with van der Waals surface area (Å²) in [6.45, 7) is 1.87. The average Bonchev–Trinajstić information content (AvgIpc) is 2.67. The van der Waals surface area contributed by atoms with Crippen LogP contribution in [0.15, 0.2) is 42.5 Å². The van der Waals surface area contributed by atoms with Gasteiger partial charge in [-0.3, -0.25) is 4.90 Å². The lowest BCUT2D eigenvalue weighted by atomic mass is 9.86. The van der Waals surface area contributed by atoms with Crippen LogP contribution >= 0.6 is 0 Å². The lowest BCUT2D eigenvalue weighted by Crippen LogP contribution is -2.39. The Balaban J connectivity index is 1.80. The van der Waals surface area contributed by atoms with Gasteiger partial charge in [0.25, 0.3) is 0 Å². The summed E-state index contributed by atoms with van der Waals surface area (Å²) in [5.41, 5.74) is 2.04. The van der Waals surface area contributed by atoms with E-state index in [0.29, 0.717) is 5.75 Å². The highest BCUT2D eigenvalue weighted by Gasteiger charge is 2.31. The molecule has 2 aromatic rings. The summed E-state index contributed by atoms with van der Waals surface area (Å²) in [4.78, 5) is 2.37. The molecule has 1 saturated heterocycles.